The van der Waals surface area contributed by atoms with Gasteiger partial charge in [0.25, 0.3) is 5.56 Å². The Morgan fingerprint density at radius 3 is 2.48 bits per heavy atom. The van der Waals surface area contributed by atoms with Crippen molar-refractivity contribution >= 4 is 18.3 Å². The number of aromatic nitrogens is 2. The lowest BCUT2D eigenvalue weighted by Crippen LogP contribution is -2.48. The summed E-state index contributed by atoms with van der Waals surface area (Å²) in [5.41, 5.74) is 0.0396. The van der Waals surface area contributed by atoms with Gasteiger partial charge in [0.1, 0.15) is 6.54 Å². The third kappa shape index (κ3) is 5.08. The molecule has 146 valence electrons. The van der Waals surface area contributed by atoms with Crippen LogP contribution in [0.1, 0.15) is 18.4 Å². The summed E-state index contributed by atoms with van der Waals surface area (Å²) in [4.78, 5) is 39.1. The monoisotopic (exact) mass is 392 g/mol. The Balaban J connectivity index is 0.00000261. The molecule has 0 atom stereocenters. The Hall–Kier alpha value is -2.38. The number of nitrogens with zero attached hydrogens (tertiary/aromatic N) is 3. The van der Waals surface area contributed by atoms with Crippen LogP contribution < -0.4 is 16.6 Å². The Labute approximate surface area is 164 Å². The van der Waals surface area contributed by atoms with Gasteiger partial charge in [0.15, 0.2) is 0 Å². The van der Waals surface area contributed by atoms with E-state index in [2.05, 4.69) is 5.32 Å². The van der Waals surface area contributed by atoms with Gasteiger partial charge in [-0.25, -0.2) is 4.79 Å². The van der Waals surface area contributed by atoms with Crippen molar-refractivity contribution in [2.45, 2.75) is 32.0 Å². The molecule has 1 amide bonds. The van der Waals surface area contributed by atoms with E-state index in [1.54, 1.807) is 11.9 Å². The summed E-state index contributed by atoms with van der Waals surface area (Å²) in [6, 6.07) is 11.0. The molecular formula is C19H25ClN4O3. The molecule has 1 fully saturated rings. The van der Waals surface area contributed by atoms with Gasteiger partial charge in [-0.05, 0) is 31.5 Å². The molecule has 1 saturated heterocycles. The third-order valence-electron chi connectivity index (χ3n) is 4.88. The van der Waals surface area contributed by atoms with Crippen molar-refractivity contribution in [1.82, 2.24) is 19.4 Å². The van der Waals surface area contributed by atoms with Crippen molar-refractivity contribution in [1.29, 1.82) is 0 Å². The van der Waals surface area contributed by atoms with Gasteiger partial charge in [-0.1, -0.05) is 30.3 Å². The molecule has 3 rings (SSSR count). The highest BCUT2D eigenvalue weighted by Crippen LogP contribution is 2.10. The summed E-state index contributed by atoms with van der Waals surface area (Å²) in [6.45, 7) is 1.88. The number of carbonyl (C=O) groups is 1. The van der Waals surface area contributed by atoms with Crippen LogP contribution >= 0.6 is 12.4 Å². The molecule has 0 unspecified atom stereocenters. The molecule has 2 aromatic rings. The normalized spacial score (nSPS) is 14.4. The standard InChI is InChI=1S/C19H24N4O3.ClH/c1-21(16-7-10-20-11-8-16)18(25)14-23-17(24)9-12-22(19(23)26)13-15-5-3-2-4-6-15;/h2-6,9,12,16,20H,7-8,10-11,13-14H2,1H3;1H. The van der Waals surface area contributed by atoms with E-state index in [4.69, 9.17) is 0 Å². The quantitative estimate of drug-likeness (QED) is 0.812. The molecule has 0 radical (unpaired) electrons. The Kier molecular flexibility index (Phi) is 7.38. The summed E-state index contributed by atoms with van der Waals surface area (Å²) >= 11 is 0. The lowest BCUT2D eigenvalue weighted by atomic mass is 10.1. The number of rotatable bonds is 5. The second-order valence-corrected chi connectivity index (χ2v) is 6.62. The van der Waals surface area contributed by atoms with Crippen LogP contribution in [0.5, 0.6) is 0 Å². The second-order valence-electron chi connectivity index (χ2n) is 6.62. The summed E-state index contributed by atoms with van der Waals surface area (Å²) < 4.78 is 2.47. The van der Waals surface area contributed by atoms with Gasteiger partial charge in [-0.2, -0.15) is 0 Å². The zero-order valence-electron chi connectivity index (χ0n) is 15.3. The Bertz CT molecular complexity index is 873. The Morgan fingerprint density at radius 1 is 1.15 bits per heavy atom. The molecule has 8 heteroatoms. The van der Waals surface area contributed by atoms with E-state index >= 15 is 0 Å². The van der Waals surface area contributed by atoms with Crippen LogP contribution in [0.4, 0.5) is 0 Å². The third-order valence-corrected chi connectivity index (χ3v) is 4.88. The summed E-state index contributed by atoms with van der Waals surface area (Å²) in [7, 11) is 1.74. The van der Waals surface area contributed by atoms with Crippen LogP contribution in [0.2, 0.25) is 0 Å². The molecule has 7 nitrogen and oxygen atoms in total. The lowest BCUT2D eigenvalue weighted by Gasteiger charge is -2.31. The molecule has 0 saturated carbocycles. The topological polar surface area (TPSA) is 76.3 Å². The van der Waals surface area contributed by atoms with Crippen molar-refractivity contribution in [3.05, 3.63) is 69.0 Å². The maximum absolute atomic E-state index is 12.7. The van der Waals surface area contributed by atoms with Crippen LogP contribution in [-0.2, 0) is 17.9 Å². The molecule has 0 spiro atoms. The largest absolute Gasteiger partial charge is 0.341 e. The molecule has 27 heavy (non-hydrogen) atoms. The van der Waals surface area contributed by atoms with Gasteiger partial charge in [0, 0.05) is 25.4 Å². The van der Waals surface area contributed by atoms with Gasteiger partial charge < -0.3 is 10.2 Å². The van der Waals surface area contributed by atoms with Crippen LogP contribution in [-0.4, -0.2) is 46.1 Å². The number of hydrogen-bond acceptors (Lipinski definition) is 4. The zero-order valence-corrected chi connectivity index (χ0v) is 16.2. The molecular weight excluding hydrogens is 368 g/mol. The van der Waals surface area contributed by atoms with E-state index in [0.717, 1.165) is 36.1 Å². The minimum absolute atomic E-state index is 0. The first-order chi connectivity index (χ1) is 12.6. The average molecular weight is 393 g/mol. The highest BCUT2D eigenvalue weighted by Gasteiger charge is 2.23. The van der Waals surface area contributed by atoms with Gasteiger partial charge in [0.2, 0.25) is 5.91 Å². The van der Waals surface area contributed by atoms with E-state index in [9.17, 15) is 14.4 Å². The van der Waals surface area contributed by atoms with Crippen LogP contribution in [0.3, 0.4) is 0 Å². The first-order valence-corrected chi connectivity index (χ1v) is 8.87. The van der Waals surface area contributed by atoms with Crippen molar-refractivity contribution in [2.75, 3.05) is 20.1 Å². The number of amides is 1. The fraction of sp³-hybridized carbons (Fsp3) is 0.421. The number of nitrogens with one attached hydrogen (secondary N) is 1. The maximum atomic E-state index is 12.7. The van der Waals surface area contributed by atoms with Crippen LogP contribution in [0.15, 0.2) is 52.2 Å². The van der Waals surface area contributed by atoms with Crippen molar-refractivity contribution < 1.29 is 4.79 Å². The second kappa shape index (κ2) is 9.53. The predicted molar refractivity (Wildman–Crippen MR) is 106 cm³/mol. The first-order valence-electron chi connectivity index (χ1n) is 8.87. The zero-order chi connectivity index (χ0) is 18.5. The number of likely N-dealkylation sites (N-methyl/N-ethyl adjacent to an activating group) is 1. The molecule has 1 aliphatic heterocycles. The van der Waals surface area contributed by atoms with E-state index in [1.807, 2.05) is 30.3 Å². The lowest BCUT2D eigenvalue weighted by molar-refractivity contribution is -0.133. The van der Waals surface area contributed by atoms with Crippen molar-refractivity contribution in [2.24, 2.45) is 0 Å². The van der Waals surface area contributed by atoms with E-state index < -0.39 is 11.2 Å². The van der Waals surface area contributed by atoms with E-state index in [-0.39, 0.29) is 30.9 Å². The summed E-state index contributed by atoms with van der Waals surface area (Å²) in [5.74, 6) is -0.214. The van der Waals surface area contributed by atoms with Crippen molar-refractivity contribution in [3.8, 4) is 0 Å². The maximum Gasteiger partial charge on any atom is 0.331 e. The minimum atomic E-state index is -0.464. The number of piperidine rings is 1. The smallest absolute Gasteiger partial charge is 0.331 e. The average Bonchev–Trinajstić information content (AvgIpc) is 2.68. The molecule has 1 aromatic carbocycles. The van der Waals surface area contributed by atoms with E-state index in [1.165, 1.54) is 16.8 Å². The molecule has 0 bridgehead atoms. The fourth-order valence-corrected chi connectivity index (χ4v) is 3.25. The molecule has 1 aromatic heterocycles. The minimum Gasteiger partial charge on any atom is -0.341 e. The van der Waals surface area contributed by atoms with Crippen molar-refractivity contribution in [3.63, 3.8) is 0 Å². The molecule has 1 N–H and O–H groups in total. The number of hydrogen-bond donors (Lipinski definition) is 1. The fourth-order valence-electron chi connectivity index (χ4n) is 3.25. The van der Waals surface area contributed by atoms with E-state index in [0.29, 0.717) is 6.54 Å². The molecule has 0 aliphatic carbocycles. The van der Waals surface area contributed by atoms with Gasteiger partial charge in [-0.3, -0.25) is 18.7 Å². The van der Waals surface area contributed by atoms with Gasteiger partial charge >= 0.3 is 5.69 Å². The summed E-state index contributed by atoms with van der Waals surface area (Å²) in [5, 5.41) is 3.26. The SMILES string of the molecule is CN(C(=O)Cn1c(=O)ccn(Cc2ccccc2)c1=O)C1CCNCC1.Cl. The van der Waals surface area contributed by atoms with Crippen LogP contribution in [0.25, 0.3) is 0 Å². The highest BCUT2D eigenvalue weighted by molar-refractivity contribution is 5.85. The predicted octanol–water partition coefficient (Wildman–Crippen LogP) is 0.690. The number of halogens is 1. The van der Waals surface area contributed by atoms with Gasteiger partial charge in [0.05, 0.1) is 6.54 Å². The summed E-state index contributed by atoms with van der Waals surface area (Å²) in [6.07, 6.45) is 3.24. The van der Waals surface area contributed by atoms with Crippen LogP contribution in [0, 0.1) is 0 Å². The van der Waals surface area contributed by atoms with Gasteiger partial charge in [-0.15, -0.1) is 12.4 Å². The number of carbonyl (C=O) groups excluding carboxylic acids is 1. The highest BCUT2D eigenvalue weighted by atomic mass is 35.5. The first kappa shape index (κ1) is 20.9. The number of benzene rings is 1. The molecule has 1 aliphatic rings. The molecule has 2 heterocycles. The Morgan fingerprint density at radius 2 is 1.81 bits per heavy atom.